The van der Waals surface area contributed by atoms with Gasteiger partial charge in [0, 0.05) is 6.42 Å². The van der Waals surface area contributed by atoms with Gasteiger partial charge in [-0.15, -0.1) is 15.3 Å². The molecule has 0 unspecified atom stereocenters. The summed E-state index contributed by atoms with van der Waals surface area (Å²) < 4.78 is 7.04. The van der Waals surface area contributed by atoms with Crippen molar-refractivity contribution in [2.45, 2.75) is 13.3 Å². The molecule has 0 aliphatic carbocycles. The van der Waals surface area contributed by atoms with Crippen molar-refractivity contribution in [3.63, 3.8) is 0 Å². The zero-order valence-corrected chi connectivity index (χ0v) is 8.86. The third-order valence-corrected chi connectivity index (χ3v) is 3.02. The van der Waals surface area contributed by atoms with Crippen LogP contribution in [0.25, 0.3) is 15.7 Å². The lowest BCUT2D eigenvalue weighted by atomic mass is 10.5. The highest BCUT2D eigenvalue weighted by Crippen LogP contribution is 2.25. The molecular formula is C9H8N4OS. The molecule has 0 fully saturated rings. The van der Waals surface area contributed by atoms with Crippen LogP contribution in [0.4, 0.5) is 0 Å². The molecule has 0 spiro atoms. The van der Waals surface area contributed by atoms with Gasteiger partial charge in [-0.05, 0) is 12.1 Å². The average molecular weight is 220 g/mol. The van der Waals surface area contributed by atoms with E-state index in [-0.39, 0.29) is 0 Å². The van der Waals surface area contributed by atoms with E-state index in [1.165, 1.54) is 11.3 Å². The first-order chi connectivity index (χ1) is 7.38. The molecule has 76 valence electrons. The van der Waals surface area contributed by atoms with Gasteiger partial charge in [-0.25, -0.2) is 0 Å². The van der Waals surface area contributed by atoms with Gasteiger partial charge in [-0.3, -0.25) is 0 Å². The molecule has 0 saturated carbocycles. The van der Waals surface area contributed by atoms with Crippen LogP contribution in [0, 0.1) is 0 Å². The van der Waals surface area contributed by atoms with Gasteiger partial charge in [-0.2, -0.15) is 4.52 Å². The SMILES string of the molecule is CCc1nnc2sc(-c3ccco3)nn12. The molecule has 0 aliphatic heterocycles. The number of aromatic nitrogens is 4. The van der Waals surface area contributed by atoms with E-state index in [0.29, 0.717) is 0 Å². The number of nitrogens with zero attached hydrogens (tertiary/aromatic N) is 4. The lowest BCUT2D eigenvalue weighted by Crippen LogP contribution is -1.92. The second-order valence-electron chi connectivity index (χ2n) is 3.05. The van der Waals surface area contributed by atoms with Crippen LogP contribution in [0.3, 0.4) is 0 Å². The van der Waals surface area contributed by atoms with E-state index in [4.69, 9.17) is 4.42 Å². The van der Waals surface area contributed by atoms with Crippen molar-refractivity contribution in [1.82, 2.24) is 19.8 Å². The second kappa shape index (κ2) is 3.16. The fraction of sp³-hybridized carbons (Fsp3) is 0.222. The molecule has 15 heavy (non-hydrogen) atoms. The quantitative estimate of drug-likeness (QED) is 0.663. The largest absolute Gasteiger partial charge is 0.462 e. The Kier molecular flexibility index (Phi) is 1.81. The first-order valence-electron chi connectivity index (χ1n) is 4.63. The van der Waals surface area contributed by atoms with Crippen LogP contribution in [-0.4, -0.2) is 19.8 Å². The zero-order valence-electron chi connectivity index (χ0n) is 8.04. The molecule has 0 amide bonds. The molecule has 3 rings (SSSR count). The summed E-state index contributed by atoms with van der Waals surface area (Å²) in [4.78, 5) is 0.804. The molecule has 3 aromatic heterocycles. The van der Waals surface area contributed by atoms with Crippen molar-refractivity contribution in [1.29, 1.82) is 0 Å². The lowest BCUT2D eigenvalue weighted by Gasteiger charge is -1.87. The maximum absolute atomic E-state index is 5.28. The summed E-state index contributed by atoms with van der Waals surface area (Å²) in [6.07, 6.45) is 2.46. The first-order valence-corrected chi connectivity index (χ1v) is 5.45. The molecule has 0 aliphatic rings. The Morgan fingerprint density at radius 2 is 2.40 bits per heavy atom. The van der Waals surface area contributed by atoms with Gasteiger partial charge in [0.15, 0.2) is 16.6 Å². The molecule has 0 aromatic carbocycles. The Hall–Kier alpha value is -1.69. The van der Waals surface area contributed by atoms with Gasteiger partial charge in [0.1, 0.15) is 0 Å². The molecule has 0 N–H and O–H groups in total. The van der Waals surface area contributed by atoms with Crippen molar-refractivity contribution in [3.8, 4) is 10.8 Å². The smallest absolute Gasteiger partial charge is 0.235 e. The standard InChI is InChI=1S/C9H8N4OS/c1-2-7-10-11-9-13(7)12-8(15-9)6-4-3-5-14-6/h3-5H,2H2,1H3. The molecule has 3 heterocycles. The van der Waals surface area contributed by atoms with E-state index < -0.39 is 0 Å². The van der Waals surface area contributed by atoms with Crippen molar-refractivity contribution < 1.29 is 4.42 Å². The van der Waals surface area contributed by atoms with Crippen LogP contribution in [0.1, 0.15) is 12.7 Å². The van der Waals surface area contributed by atoms with Gasteiger partial charge < -0.3 is 4.42 Å². The number of rotatable bonds is 2. The molecular weight excluding hydrogens is 212 g/mol. The summed E-state index contributed by atoms with van der Waals surface area (Å²) in [5, 5.41) is 13.3. The maximum atomic E-state index is 5.28. The fourth-order valence-electron chi connectivity index (χ4n) is 1.38. The topological polar surface area (TPSA) is 56.2 Å². The first kappa shape index (κ1) is 8.60. The minimum absolute atomic E-state index is 0.771. The summed E-state index contributed by atoms with van der Waals surface area (Å²) in [5.41, 5.74) is 0. The van der Waals surface area contributed by atoms with Crippen LogP contribution in [0.15, 0.2) is 22.8 Å². The predicted octanol–water partition coefficient (Wildman–Crippen LogP) is 2.01. The number of hydrogen-bond acceptors (Lipinski definition) is 5. The van der Waals surface area contributed by atoms with E-state index >= 15 is 0 Å². The molecule has 0 radical (unpaired) electrons. The molecule has 0 saturated heterocycles. The Balaban J connectivity index is 2.19. The van der Waals surface area contributed by atoms with E-state index in [9.17, 15) is 0 Å². The van der Waals surface area contributed by atoms with Crippen molar-refractivity contribution >= 4 is 16.3 Å². The van der Waals surface area contributed by atoms with Crippen molar-refractivity contribution in [2.75, 3.05) is 0 Å². The maximum Gasteiger partial charge on any atom is 0.235 e. The minimum Gasteiger partial charge on any atom is -0.462 e. The Morgan fingerprint density at radius 3 is 3.13 bits per heavy atom. The summed E-state index contributed by atoms with van der Waals surface area (Å²) in [7, 11) is 0. The Labute approximate surface area is 89.4 Å². The summed E-state index contributed by atoms with van der Waals surface area (Å²) >= 11 is 1.48. The highest BCUT2D eigenvalue weighted by molar-refractivity contribution is 7.19. The van der Waals surface area contributed by atoms with E-state index in [1.54, 1.807) is 10.8 Å². The molecule has 6 heteroatoms. The number of hydrogen-bond donors (Lipinski definition) is 0. The highest BCUT2D eigenvalue weighted by Gasteiger charge is 2.12. The molecule has 0 bridgehead atoms. The average Bonchev–Trinajstić information content (AvgIpc) is 2.93. The van der Waals surface area contributed by atoms with E-state index in [2.05, 4.69) is 15.3 Å². The van der Waals surface area contributed by atoms with Gasteiger partial charge in [0.05, 0.1) is 6.26 Å². The number of fused-ring (bicyclic) bond motifs is 1. The molecule has 0 atom stereocenters. The lowest BCUT2D eigenvalue weighted by molar-refractivity contribution is 0.580. The van der Waals surface area contributed by atoms with Crippen LogP contribution in [0.2, 0.25) is 0 Å². The van der Waals surface area contributed by atoms with Crippen molar-refractivity contribution in [2.24, 2.45) is 0 Å². The third kappa shape index (κ3) is 1.25. The van der Waals surface area contributed by atoms with Crippen LogP contribution < -0.4 is 0 Å². The fourth-order valence-corrected chi connectivity index (χ4v) is 2.20. The number of furan rings is 1. The summed E-state index contributed by atoms with van der Waals surface area (Å²) in [6.45, 7) is 2.03. The Bertz CT molecular complexity index is 580. The summed E-state index contributed by atoms with van der Waals surface area (Å²) in [5.74, 6) is 1.65. The van der Waals surface area contributed by atoms with Gasteiger partial charge in [0.2, 0.25) is 4.96 Å². The van der Waals surface area contributed by atoms with Gasteiger partial charge in [-0.1, -0.05) is 18.3 Å². The number of aryl methyl sites for hydroxylation is 1. The van der Waals surface area contributed by atoms with Gasteiger partial charge >= 0.3 is 0 Å². The van der Waals surface area contributed by atoms with E-state index in [1.807, 2.05) is 19.1 Å². The normalized spacial score (nSPS) is 11.3. The van der Waals surface area contributed by atoms with Crippen LogP contribution in [0.5, 0.6) is 0 Å². The second-order valence-corrected chi connectivity index (χ2v) is 4.00. The monoisotopic (exact) mass is 220 g/mol. The zero-order chi connectivity index (χ0) is 10.3. The Morgan fingerprint density at radius 1 is 1.47 bits per heavy atom. The molecule has 3 aromatic rings. The summed E-state index contributed by atoms with van der Waals surface area (Å²) in [6, 6.07) is 3.73. The van der Waals surface area contributed by atoms with Crippen LogP contribution in [-0.2, 0) is 6.42 Å². The van der Waals surface area contributed by atoms with Crippen LogP contribution >= 0.6 is 11.3 Å². The predicted molar refractivity (Wildman–Crippen MR) is 55.7 cm³/mol. The van der Waals surface area contributed by atoms with Crippen molar-refractivity contribution in [3.05, 3.63) is 24.2 Å². The third-order valence-electron chi connectivity index (χ3n) is 2.10. The highest BCUT2D eigenvalue weighted by atomic mass is 32.1. The molecule has 5 nitrogen and oxygen atoms in total. The minimum atomic E-state index is 0.771. The van der Waals surface area contributed by atoms with Gasteiger partial charge in [0.25, 0.3) is 0 Å². The van der Waals surface area contributed by atoms with E-state index in [0.717, 1.165) is 28.0 Å².